The molecular weight excluding hydrogens is 274 g/mol. The number of hydrogen-bond acceptors (Lipinski definition) is 6. The quantitative estimate of drug-likeness (QED) is 0.574. The Hall–Kier alpha value is -2.70. The summed E-state index contributed by atoms with van der Waals surface area (Å²) >= 11 is 0. The van der Waals surface area contributed by atoms with Crippen LogP contribution >= 0.6 is 0 Å². The molecule has 2 aliphatic rings. The highest BCUT2D eigenvalue weighted by Crippen LogP contribution is 2.34. The van der Waals surface area contributed by atoms with E-state index in [1.54, 1.807) is 18.2 Å². The first-order valence-electron chi connectivity index (χ1n) is 6.54. The van der Waals surface area contributed by atoms with Crippen molar-refractivity contribution in [1.29, 1.82) is 0 Å². The van der Waals surface area contributed by atoms with Crippen LogP contribution in [0.1, 0.15) is 6.92 Å². The first kappa shape index (κ1) is 13.3. The fourth-order valence-electron chi connectivity index (χ4n) is 2.18. The minimum absolute atomic E-state index is 0.0820. The number of carbonyl (C=O) groups excluding carboxylic acids is 1. The van der Waals surface area contributed by atoms with E-state index in [-0.39, 0.29) is 18.1 Å². The number of aliphatic hydroxyl groups is 1. The van der Waals surface area contributed by atoms with Gasteiger partial charge in [0.1, 0.15) is 17.2 Å². The zero-order valence-electron chi connectivity index (χ0n) is 11.5. The molecule has 2 aliphatic heterocycles. The molecule has 1 aromatic rings. The zero-order chi connectivity index (χ0) is 14.8. The number of aliphatic hydroxyl groups excluding tert-OH is 1. The van der Waals surface area contributed by atoms with Gasteiger partial charge in [0.2, 0.25) is 6.79 Å². The second-order valence-electron chi connectivity index (χ2n) is 4.64. The lowest BCUT2D eigenvalue weighted by Gasteiger charge is -2.11. The molecule has 3 N–H and O–H groups in total. The van der Waals surface area contributed by atoms with Gasteiger partial charge in [0.25, 0.3) is 5.91 Å². The van der Waals surface area contributed by atoms with Crippen LogP contribution in [0.3, 0.4) is 0 Å². The van der Waals surface area contributed by atoms with Crippen LogP contribution in [0.2, 0.25) is 0 Å². The summed E-state index contributed by atoms with van der Waals surface area (Å²) in [6.45, 7) is 2.87. The molecule has 3 rings (SSSR count). The van der Waals surface area contributed by atoms with E-state index in [0.717, 1.165) is 0 Å². The predicted octanol–water partition coefficient (Wildman–Crippen LogP) is 1.19. The molecule has 1 amide bonds. The molecule has 2 heterocycles. The van der Waals surface area contributed by atoms with Gasteiger partial charge in [0.15, 0.2) is 11.5 Å². The molecule has 0 saturated heterocycles. The number of fused-ring (bicyclic) bond motifs is 1. The van der Waals surface area contributed by atoms with Crippen molar-refractivity contribution in [2.24, 2.45) is 4.99 Å². The van der Waals surface area contributed by atoms with E-state index in [2.05, 4.69) is 15.6 Å². The standard InChI is InChI=1S/C14H15N3O4/c1-8(18)12(13-15-4-5-16-13)14(19)17-9-2-3-10-11(6-9)21-7-20-10/h2-3,6,18H,4-5,7H2,1H3,(H,15,16)(H,17,19)/b12-8-. The van der Waals surface area contributed by atoms with E-state index in [0.29, 0.717) is 36.1 Å². The molecule has 0 fully saturated rings. The minimum atomic E-state index is -0.429. The van der Waals surface area contributed by atoms with E-state index in [4.69, 9.17) is 9.47 Å². The molecule has 0 aromatic heterocycles. The molecule has 110 valence electrons. The number of amidine groups is 1. The maximum Gasteiger partial charge on any atom is 0.262 e. The average Bonchev–Trinajstić information content (AvgIpc) is 3.08. The maximum atomic E-state index is 12.3. The van der Waals surface area contributed by atoms with Crippen molar-refractivity contribution in [3.63, 3.8) is 0 Å². The van der Waals surface area contributed by atoms with Crippen molar-refractivity contribution in [1.82, 2.24) is 5.32 Å². The molecule has 0 saturated carbocycles. The second-order valence-corrected chi connectivity index (χ2v) is 4.64. The Balaban J connectivity index is 1.80. The average molecular weight is 289 g/mol. The van der Waals surface area contributed by atoms with Crippen molar-refractivity contribution in [3.05, 3.63) is 29.5 Å². The maximum absolute atomic E-state index is 12.3. The van der Waals surface area contributed by atoms with Crippen molar-refractivity contribution < 1.29 is 19.4 Å². The summed E-state index contributed by atoms with van der Waals surface area (Å²) in [5.74, 6) is 1.12. The molecule has 21 heavy (non-hydrogen) atoms. The van der Waals surface area contributed by atoms with Gasteiger partial charge in [-0.05, 0) is 19.1 Å². The molecular formula is C14H15N3O4. The summed E-state index contributed by atoms with van der Waals surface area (Å²) in [5, 5.41) is 15.4. The lowest BCUT2D eigenvalue weighted by atomic mass is 10.2. The largest absolute Gasteiger partial charge is 0.512 e. The number of aliphatic imine (C=N–C) groups is 1. The Bertz CT molecular complexity index is 648. The van der Waals surface area contributed by atoms with Crippen LogP contribution < -0.4 is 20.1 Å². The molecule has 0 aliphatic carbocycles. The summed E-state index contributed by atoms with van der Waals surface area (Å²) < 4.78 is 10.5. The number of nitrogens with one attached hydrogen (secondary N) is 2. The number of rotatable bonds is 3. The summed E-state index contributed by atoms with van der Waals surface area (Å²) in [5.41, 5.74) is 0.701. The van der Waals surface area contributed by atoms with Gasteiger partial charge in [-0.2, -0.15) is 0 Å². The minimum Gasteiger partial charge on any atom is -0.512 e. The molecule has 0 bridgehead atoms. The number of benzene rings is 1. The van der Waals surface area contributed by atoms with Gasteiger partial charge in [-0.1, -0.05) is 0 Å². The van der Waals surface area contributed by atoms with Crippen LogP contribution in [-0.4, -0.2) is 36.7 Å². The van der Waals surface area contributed by atoms with Gasteiger partial charge < -0.3 is 25.2 Å². The lowest BCUT2D eigenvalue weighted by molar-refractivity contribution is -0.112. The van der Waals surface area contributed by atoms with E-state index < -0.39 is 5.91 Å². The van der Waals surface area contributed by atoms with Crippen LogP contribution in [-0.2, 0) is 4.79 Å². The molecule has 7 nitrogen and oxygen atoms in total. The Morgan fingerprint density at radius 3 is 2.90 bits per heavy atom. The second kappa shape index (κ2) is 5.35. The van der Waals surface area contributed by atoms with E-state index in [1.807, 2.05) is 0 Å². The van der Waals surface area contributed by atoms with Crippen LogP contribution in [0.25, 0.3) is 0 Å². The van der Waals surface area contributed by atoms with Gasteiger partial charge in [-0.3, -0.25) is 9.79 Å². The van der Waals surface area contributed by atoms with Crippen LogP contribution in [0.4, 0.5) is 5.69 Å². The first-order valence-corrected chi connectivity index (χ1v) is 6.54. The number of ether oxygens (including phenoxy) is 2. The Labute approximate surface area is 121 Å². The molecule has 0 unspecified atom stereocenters. The van der Waals surface area contributed by atoms with Gasteiger partial charge in [-0.25, -0.2) is 0 Å². The van der Waals surface area contributed by atoms with Gasteiger partial charge in [-0.15, -0.1) is 0 Å². The number of amides is 1. The fraction of sp³-hybridized carbons (Fsp3) is 0.286. The van der Waals surface area contributed by atoms with E-state index in [9.17, 15) is 9.90 Å². The third-order valence-electron chi connectivity index (χ3n) is 3.13. The Morgan fingerprint density at radius 1 is 1.38 bits per heavy atom. The zero-order valence-corrected chi connectivity index (χ0v) is 11.5. The molecule has 0 atom stereocenters. The third kappa shape index (κ3) is 2.62. The van der Waals surface area contributed by atoms with Gasteiger partial charge in [0.05, 0.1) is 6.54 Å². The molecule has 0 radical (unpaired) electrons. The number of allylic oxidation sites excluding steroid dienone is 1. The van der Waals surface area contributed by atoms with Crippen molar-refractivity contribution in [2.45, 2.75) is 6.92 Å². The normalized spacial score (nSPS) is 16.9. The van der Waals surface area contributed by atoms with Crippen LogP contribution in [0, 0.1) is 0 Å². The predicted molar refractivity (Wildman–Crippen MR) is 76.8 cm³/mol. The summed E-state index contributed by atoms with van der Waals surface area (Å²) in [7, 11) is 0. The first-order chi connectivity index (χ1) is 10.1. The summed E-state index contributed by atoms with van der Waals surface area (Å²) in [4.78, 5) is 16.5. The summed E-state index contributed by atoms with van der Waals surface area (Å²) in [6, 6.07) is 5.10. The van der Waals surface area contributed by atoms with Gasteiger partial charge >= 0.3 is 0 Å². The highest BCUT2D eigenvalue weighted by Gasteiger charge is 2.22. The lowest BCUT2D eigenvalue weighted by Crippen LogP contribution is -2.29. The Morgan fingerprint density at radius 2 is 2.19 bits per heavy atom. The fourth-order valence-corrected chi connectivity index (χ4v) is 2.18. The van der Waals surface area contributed by atoms with Crippen molar-refractivity contribution in [3.8, 4) is 11.5 Å². The topological polar surface area (TPSA) is 92.2 Å². The number of nitrogens with zero attached hydrogens (tertiary/aromatic N) is 1. The molecule has 1 aromatic carbocycles. The highest BCUT2D eigenvalue weighted by atomic mass is 16.7. The van der Waals surface area contributed by atoms with Crippen molar-refractivity contribution >= 4 is 17.4 Å². The number of hydrogen-bond donors (Lipinski definition) is 3. The van der Waals surface area contributed by atoms with Crippen LogP contribution in [0.5, 0.6) is 11.5 Å². The highest BCUT2D eigenvalue weighted by molar-refractivity contribution is 6.25. The van der Waals surface area contributed by atoms with Gasteiger partial charge in [0, 0.05) is 18.3 Å². The SMILES string of the molecule is C/C(O)=C(/C(=O)Nc1ccc2c(c1)OCO2)C1=NCCN1. The van der Waals surface area contributed by atoms with E-state index >= 15 is 0 Å². The summed E-state index contributed by atoms with van der Waals surface area (Å²) in [6.07, 6.45) is 0. The van der Waals surface area contributed by atoms with E-state index in [1.165, 1.54) is 6.92 Å². The monoisotopic (exact) mass is 289 g/mol. The molecule has 7 heteroatoms. The smallest absolute Gasteiger partial charge is 0.262 e. The van der Waals surface area contributed by atoms with Crippen molar-refractivity contribution in [2.75, 3.05) is 25.2 Å². The Kier molecular flexibility index (Phi) is 3.39. The molecule has 0 spiro atoms. The third-order valence-corrected chi connectivity index (χ3v) is 3.13. The van der Waals surface area contributed by atoms with Crippen LogP contribution in [0.15, 0.2) is 34.5 Å². The number of carbonyl (C=O) groups is 1. The number of anilines is 1.